The number of fused-ring (bicyclic) bond motifs is 2. The second kappa shape index (κ2) is 8.89. The van der Waals surface area contributed by atoms with Gasteiger partial charge in [0, 0.05) is 5.69 Å². The Morgan fingerprint density at radius 2 is 1.35 bits per heavy atom. The minimum Gasteiger partial charge on any atom is -0.481 e. The molecule has 0 saturated carbocycles. The van der Waals surface area contributed by atoms with Crippen molar-refractivity contribution in [2.75, 3.05) is 5.32 Å². The number of carbonyl (C=O) groups is 4. The molecular formula is C22H25NO8. The highest BCUT2D eigenvalue weighted by Crippen LogP contribution is 2.40. The van der Waals surface area contributed by atoms with Crippen LogP contribution in [0.25, 0.3) is 0 Å². The highest BCUT2D eigenvalue weighted by atomic mass is 16.5. The topological polar surface area (TPSA) is 128 Å². The smallest absolute Gasteiger partial charge is 0.338 e. The molecule has 4 atom stereocenters. The van der Waals surface area contributed by atoms with Crippen molar-refractivity contribution in [3.63, 3.8) is 0 Å². The predicted octanol–water partition coefficient (Wildman–Crippen LogP) is 2.41. The summed E-state index contributed by atoms with van der Waals surface area (Å²) in [5.41, 5.74) is 0.261. The van der Waals surface area contributed by atoms with Crippen LogP contribution in [0.5, 0.6) is 0 Å². The molecule has 1 amide bonds. The first-order valence-electron chi connectivity index (χ1n) is 10.0. The Kier molecular flexibility index (Phi) is 6.45. The van der Waals surface area contributed by atoms with Gasteiger partial charge in [0.15, 0.2) is 0 Å². The summed E-state index contributed by atoms with van der Waals surface area (Å²) in [4.78, 5) is 49.3. The Labute approximate surface area is 179 Å². The summed E-state index contributed by atoms with van der Waals surface area (Å²) in [7, 11) is 0. The number of hydrogen-bond acceptors (Lipinski definition) is 7. The molecule has 3 rings (SSSR count). The fraction of sp³-hybridized carbons (Fsp3) is 0.455. The molecule has 2 bridgehead atoms. The Morgan fingerprint density at radius 1 is 0.871 bits per heavy atom. The van der Waals surface area contributed by atoms with E-state index in [1.165, 1.54) is 18.2 Å². The number of hydrogen-bond donors (Lipinski definition) is 2. The monoisotopic (exact) mass is 431 g/mol. The largest absolute Gasteiger partial charge is 0.481 e. The van der Waals surface area contributed by atoms with Gasteiger partial charge in [0.25, 0.3) is 0 Å². The molecule has 0 aliphatic carbocycles. The molecule has 9 nitrogen and oxygen atoms in total. The predicted molar refractivity (Wildman–Crippen MR) is 109 cm³/mol. The molecule has 0 unspecified atom stereocenters. The first-order valence-corrected chi connectivity index (χ1v) is 10.0. The number of carboxylic acids is 1. The zero-order chi connectivity index (χ0) is 22.9. The van der Waals surface area contributed by atoms with Gasteiger partial charge >= 0.3 is 17.9 Å². The number of benzene rings is 1. The van der Waals surface area contributed by atoms with Crippen molar-refractivity contribution in [1.29, 1.82) is 0 Å². The maximum Gasteiger partial charge on any atom is 0.338 e. The molecule has 31 heavy (non-hydrogen) atoms. The van der Waals surface area contributed by atoms with E-state index in [1.807, 2.05) is 0 Å². The van der Waals surface area contributed by atoms with Crippen LogP contribution in [0, 0.1) is 11.8 Å². The van der Waals surface area contributed by atoms with Crippen molar-refractivity contribution < 1.29 is 38.5 Å². The van der Waals surface area contributed by atoms with Crippen molar-refractivity contribution in [2.45, 2.75) is 52.1 Å². The molecule has 0 radical (unpaired) electrons. The Hall–Kier alpha value is -3.20. The number of amides is 1. The van der Waals surface area contributed by atoms with Crippen LogP contribution in [0.1, 0.15) is 48.4 Å². The summed E-state index contributed by atoms with van der Waals surface area (Å²) in [6.45, 7) is 6.75. The lowest BCUT2D eigenvalue weighted by atomic mass is 9.82. The maximum absolute atomic E-state index is 12.9. The lowest BCUT2D eigenvalue weighted by Gasteiger charge is -2.21. The number of carbonyl (C=O) groups excluding carboxylic acids is 3. The van der Waals surface area contributed by atoms with E-state index in [-0.39, 0.29) is 29.0 Å². The number of rotatable bonds is 7. The lowest BCUT2D eigenvalue weighted by molar-refractivity contribution is -0.145. The quantitative estimate of drug-likeness (QED) is 0.498. The zero-order valence-electron chi connectivity index (χ0n) is 17.7. The third kappa shape index (κ3) is 4.93. The summed E-state index contributed by atoms with van der Waals surface area (Å²) in [6, 6.07) is 4.07. The van der Waals surface area contributed by atoms with Crippen molar-refractivity contribution in [2.24, 2.45) is 11.8 Å². The standard InChI is InChI=1S/C22H25NO8/c1-10(2)29-21(27)12-7-13(22(28)30-11(3)4)9-14(8-12)23-19(24)17-15-5-6-16(31-15)18(17)20(25)26/h5-11,15-18H,1-4H3,(H,23,24)(H,25,26)/t15-,16-,17+,18-/m1/s1. The number of anilines is 1. The molecule has 9 heteroatoms. The molecule has 0 aromatic heterocycles. The van der Waals surface area contributed by atoms with Gasteiger partial charge < -0.3 is 24.6 Å². The van der Waals surface area contributed by atoms with Crippen molar-refractivity contribution in [1.82, 2.24) is 0 Å². The minimum absolute atomic E-state index is 0.0566. The van der Waals surface area contributed by atoms with Gasteiger partial charge in [0.05, 0.1) is 41.5 Å². The van der Waals surface area contributed by atoms with Gasteiger partial charge in [-0.25, -0.2) is 9.59 Å². The number of carboxylic acid groups (broad SMARTS) is 1. The third-order valence-electron chi connectivity index (χ3n) is 4.84. The number of aliphatic carboxylic acids is 1. The molecule has 166 valence electrons. The fourth-order valence-corrected chi connectivity index (χ4v) is 3.64. The van der Waals surface area contributed by atoms with Crippen LogP contribution in [0.2, 0.25) is 0 Å². The van der Waals surface area contributed by atoms with Crippen LogP contribution in [-0.4, -0.2) is 53.3 Å². The summed E-state index contributed by atoms with van der Waals surface area (Å²) in [5, 5.41) is 12.1. The summed E-state index contributed by atoms with van der Waals surface area (Å²) < 4.78 is 15.9. The Bertz CT molecular complexity index is 895. The molecule has 1 saturated heterocycles. The number of nitrogens with one attached hydrogen (secondary N) is 1. The van der Waals surface area contributed by atoms with Crippen molar-refractivity contribution >= 4 is 29.5 Å². The van der Waals surface area contributed by atoms with E-state index in [2.05, 4.69) is 5.32 Å². The minimum atomic E-state index is -1.13. The van der Waals surface area contributed by atoms with E-state index in [0.29, 0.717) is 0 Å². The molecular weight excluding hydrogens is 406 g/mol. The number of esters is 2. The number of ether oxygens (including phenoxy) is 3. The van der Waals surface area contributed by atoms with Gasteiger partial charge in [-0.1, -0.05) is 12.2 Å². The SMILES string of the molecule is CC(C)OC(=O)c1cc(NC(=O)[C@@H]2[C@H](C(=O)O)[C@H]3C=C[C@H]2O3)cc(C(=O)OC(C)C)c1. The van der Waals surface area contributed by atoms with Crippen molar-refractivity contribution in [3.8, 4) is 0 Å². The molecule has 1 fully saturated rings. The van der Waals surface area contributed by atoms with Crippen molar-refractivity contribution in [3.05, 3.63) is 41.5 Å². The highest BCUT2D eigenvalue weighted by Gasteiger charge is 2.53. The molecule has 0 spiro atoms. The molecule has 2 N–H and O–H groups in total. The molecule has 2 aliphatic rings. The van der Waals surface area contributed by atoms with Gasteiger partial charge in [-0.3, -0.25) is 9.59 Å². The van der Waals surface area contributed by atoms with E-state index in [1.54, 1.807) is 39.8 Å². The Balaban J connectivity index is 1.89. The highest BCUT2D eigenvalue weighted by molar-refractivity contribution is 6.01. The zero-order valence-corrected chi connectivity index (χ0v) is 17.7. The Morgan fingerprint density at radius 3 is 1.81 bits per heavy atom. The molecule has 1 aromatic rings. The lowest BCUT2D eigenvalue weighted by Crippen LogP contribution is -2.39. The van der Waals surface area contributed by atoms with Gasteiger partial charge in [-0.05, 0) is 45.9 Å². The summed E-state index contributed by atoms with van der Waals surface area (Å²) in [5.74, 6) is -5.01. The van der Waals surface area contributed by atoms with Crippen LogP contribution in [0.15, 0.2) is 30.4 Å². The average molecular weight is 431 g/mol. The second-order valence-electron chi connectivity index (χ2n) is 8.04. The van der Waals surface area contributed by atoms with E-state index >= 15 is 0 Å². The van der Waals surface area contributed by atoms with Gasteiger partial charge in [0.2, 0.25) is 5.91 Å². The molecule has 1 aromatic carbocycles. The van der Waals surface area contributed by atoms with Crippen LogP contribution in [0.3, 0.4) is 0 Å². The summed E-state index contributed by atoms with van der Waals surface area (Å²) >= 11 is 0. The maximum atomic E-state index is 12.9. The van der Waals surface area contributed by atoms with Crippen LogP contribution < -0.4 is 5.32 Å². The van der Waals surface area contributed by atoms with Gasteiger partial charge in [0.1, 0.15) is 5.92 Å². The van der Waals surface area contributed by atoms with Crippen LogP contribution in [-0.2, 0) is 23.8 Å². The first-order chi connectivity index (χ1) is 14.6. The van der Waals surface area contributed by atoms with Crippen LogP contribution in [0.4, 0.5) is 5.69 Å². The first kappa shape index (κ1) is 22.5. The fourth-order valence-electron chi connectivity index (χ4n) is 3.64. The molecule has 2 heterocycles. The second-order valence-corrected chi connectivity index (χ2v) is 8.04. The van der Waals surface area contributed by atoms with E-state index in [4.69, 9.17) is 14.2 Å². The van der Waals surface area contributed by atoms with E-state index in [9.17, 15) is 24.3 Å². The van der Waals surface area contributed by atoms with Crippen LogP contribution >= 0.6 is 0 Å². The van der Waals surface area contributed by atoms with Gasteiger partial charge in [-0.15, -0.1) is 0 Å². The van der Waals surface area contributed by atoms with E-state index in [0.717, 1.165) is 0 Å². The molecule has 2 aliphatic heterocycles. The van der Waals surface area contributed by atoms with Gasteiger partial charge in [-0.2, -0.15) is 0 Å². The normalized spacial score (nSPS) is 23.8. The summed E-state index contributed by atoms with van der Waals surface area (Å²) in [6.07, 6.45) is 1.22. The average Bonchev–Trinajstić information content (AvgIpc) is 3.28. The van der Waals surface area contributed by atoms with E-state index < -0.39 is 47.9 Å². The third-order valence-corrected chi connectivity index (χ3v) is 4.84.